The summed E-state index contributed by atoms with van der Waals surface area (Å²) in [5.74, 6) is 1.53. The SMILES string of the molecule is Cc1ccc(-c2ccc([C@@H]3[C@@H](c4ccccn4)NC(=S)N3c3ccc(Sc4ccc([N+](=O)[O-])cc4)cc3)o2)c(Br)c1. The van der Waals surface area contributed by atoms with Crippen LogP contribution in [0.2, 0.25) is 0 Å². The molecule has 204 valence electrons. The summed E-state index contributed by atoms with van der Waals surface area (Å²) >= 11 is 11.1. The highest BCUT2D eigenvalue weighted by atomic mass is 79.9. The number of rotatable bonds is 7. The maximum Gasteiger partial charge on any atom is 0.269 e. The van der Waals surface area contributed by atoms with E-state index in [4.69, 9.17) is 16.6 Å². The zero-order valence-electron chi connectivity index (χ0n) is 21.7. The first-order chi connectivity index (χ1) is 19.9. The Morgan fingerprint density at radius 2 is 1.73 bits per heavy atom. The summed E-state index contributed by atoms with van der Waals surface area (Å²) in [6.07, 6.45) is 1.78. The third kappa shape index (κ3) is 5.63. The average molecular weight is 644 g/mol. The summed E-state index contributed by atoms with van der Waals surface area (Å²) in [7, 11) is 0. The lowest BCUT2D eigenvalue weighted by molar-refractivity contribution is -0.384. The standard InChI is InChI=1S/C31H23BrN4O3S2/c1-19-5-14-24(25(32)18-19)27-15-16-28(39-27)30-29(26-4-2-3-17-33-26)34-31(40)35(30)20-6-10-22(11-7-20)41-23-12-8-21(9-13-23)36(37)38/h2-18,29-30H,1H3,(H,34,40)/t29-,30-/m1/s1. The third-order valence-corrected chi connectivity index (χ3v) is 8.79. The Morgan fingerprint density at radius 3 is 2.39 bits per heavy atom. The number of halogens is 1. The van der Waals surface area contributed by atoms with Crippen molar-refractivity contribution in [2.45, 2.75) is 28.8 Å². The summed E-state index contributed by atoms with van der Waals surface area (Å²) in [5.41, 5.74) is 3.98. The molecule has 2 aromatic heterocycles. The molecule has 1 N–H and O–H groups in total. The minimum Gasteiger partial charge on any atom is -0.459 e. The topological polar surface area (TPSA) is 84.4 Å². The van der Waals surface area contributed by atoms with Gasteiger partial charge in [0.1, 0.15) is 17.6 Å². The molecule has 0 aliphatic carbocycles. The zero-order chi connectivity index (χ0) is 28.5. The number of aryl methyl sites for hydroxylation is 1. The first-order valence-corrected chi connectivity index (χ1v) is 14.8. The van der Waals surface area contributed by atoms with E-state index in [1.54, 1.807) is 18.3 Å². The van der Waals surface area contributed by atoms with Crippen molar-refractivity contribution in [3.8, 4) is 11.3 Å². The predicted molar refractivity (Wildman–Crippen MR) is 168 cm³/mol. The second-order valence-corrected chi connectivity index (χ2v) is 11.9. The Kier molecular flexibility index (Phi) is 7.61. The van der Waals surface area contributed by atoms with Crippen LogP contribution in [0.3, 0.4) is 0 Å². The van der Waals surface area contributed by atoms with E-state index in [-0.39, 0.29) is 17.8 Å². The van der Waals surface area contributed by atoms with Crippen molar-refractivity contribution >= 4 is 56.4 Å². The molecule has 1 aliphatic heterocycles. The van der Waals surface area contributed by atoms with Gasteiger partial charge in [-0.15, -0.1) is 0 Å². The quantitative estimate of drug-likeness (QED) is 0.107. The maximum atomic E-state index is 11.0. The van der Waals surface area contributed by atoms with Crippen LogP contribution in [0.5, 0.6) is 0 Å². The maximum absolute atomic E-state index is 11.0. The molecule has 6 rings (SSSR count). The van der Waals surface area contributed by atoms with Gasteiger partial charge in [-0.05, 0) is 97.5 Å². The number of pyridine rings is 1. The van der Waals surface area contributed by atoms with Gasteiger partial charge in [0.05, 0.1) is 16.7 Å². The number of nitro groups is 1. The van der Waals surface area contributed by atoms with E-state index in [1.807, 2.05) is 54.6 Å². The van der Waals surface area contributed by atoms with Crippen LogP contribution < -0.4 is 10.2 Å². The number of anilines is 1. The fraction of sp³-hybridized carbons (Fsp3) is 0.0968. The Balaban J connectivity index is 1.33. The molecule has 7 nitrogen and oxygen atoms in total. The highest BCUT2D eigenvalue weighted by Crippen LogP contribution is 2.44. The van der Waals surface area contributed by atoms with Crippen molar-refractivity contribution < 1.29 is 9.34 Å². The Bertz CT molecular complexity index is 1730. The fourth-order valence-electron chi connectivity index (χ4n) is 4.85. The highest BCUT2D eigenvalue weighted by Gasteiger charge is 2.42. The highest BCUT2D eigenvalue weighted by molar-refractivity contribution is 9.10. The van der Waals surface area contributed by atoms with Crippen LogP contribution in [0.25, 0.3) is 11.3 Å². The van der Waals surface area contributed by atoms with Gasteiger partial charge in [0.2, 0.25) is 0 Å². The van der Waals surface area contributed by atoms with Gasteiger partial charge in [0.15, 0.2) is 5.11 Å². The van der Waals surface area contributed by atoms with E-state index in [2.05, 4.69) is 56.3 Å². The number of benzene rings is 3. The lowest BCUT2D eigenvalue weighted by Crippen LogP contribution is -2.29. The summed E-state index contributed by atoms with van der Waals surface area (Å²) in [5, 5.41) is 15.0. The van der Waals surface area contributed by atoms with Gasteiger partial charge in [-0.3, -0.25) is 15.1 Å². The molecule has 0 radical (unpaired) electrons. The first-order valence-electron chi connectivity index (χ1n) is 12.8. The van der Waals surface area contributed by atoms with Crippen molar-refractivity contribution in [1.82, 2.24) is 10.3 Å². The molecule has 2 atom stereocenters. The van der Waals surface area contributed by atoms with Gasteiger partial charge in [-0.1, -0.05) is 39.8 Å². The minimum absolute atomic E-state index is 0.0732. The van der Waals surface area contributed by atoms with Crippen molar-refractivity contribution in [1.29, 1.82) is 0 Å². The average Bonchev–Trinajstić information content (AvgIpc) is 3.59. The summed E-state index contributed by atoms with van der Waals surface area (Å²) in [4.78, 5) is 19.2. The fourth-order valence-corrected chi connectivity index (χ4v) is 6.70. The van der Waals surface area contributed by atoms with Crippen molar-refractivity contribution in [3.63, 3.8) is 0 Å². The van der Waals surface area contributed by atoms with Crippen LogP contribution in [-0.2, 0) is 0 Å². The lowest BCUT2D eigenvalue weighted by Gasteiger charge is -2.26. The van der Waals surface area contributed by atoms with Gasteiger partial charge in [0.25, 0.3) is 5.69 Å². The number of aromatic nitrogens is 1. The molecule has 1 saturated heterocycles. The van der Waals surface area contributed by atoms with E-state index in [9.17, 15) is 10.1 Å². The van der Waals surface area contributed by atoms with Crippen molar-refractivity contribution in [2.75, 3.05) is 4.90 Å². The number of thiocarbonyl (C=S) groups is 1. The number of non-ortho nitro benzene ring substituents is 1. The van der Waals surface area contributed by atoms with E-state index in [0.29, 0.717) is 5.11 Å². The van der Waals surface area contributed by atoms with Gasteiger partial charge >= 0.3 is 0 Å². The van der Waals surface area contributed by atoms with Crippen LogP contribution in [0.4, 0.5) is 11.4 Å². The molecule has 0 amide bonds. The monoisotopic (exact) mass is 642 g/mol. The van der Waals surface area contributed by atoms with Crippen LogP contribution in [0, 0.1) is 17.0 Å². The molecule has 41 heavy (non-hydrogen) atoms. The summed E-state index contributed by atoms with van der Waals surface area (Å²) in [6.45, 7) is 2.05. The van der Waals surface area contributed by atoms with Crippen LogP contribution >= 0.6 is 39.9 Å². The van der Waals surface area contributed by atoms with E-state index < -0.39 is 4.92 Å². The number of hydrogen-bond acceptors (Lipinski definition) is 6. The van der Waals surface area contributed by atoms with Gasteiger partial charge < -0.3 is 14.6 Å². The number of hydrogen-bond donors (Lipinski definition) is 1. The van der Waals surface area contributed by atoms with Crippen molar-refractivity contribution in [2.24, 2.45) is 0 Å². The minimum atomic E-state index is -0.396. The van der Waals surface area contributed by atoms with E-state index in [1.165, 1.54) is 23.9 Å². The molecule has 3 aromatic carbocycles. The van der Waals surface area contributed by atoms with Crippen LogP contribution in [0.15, 0.2) is 122 Å². The molecular weight excluding hydrogens is 620 g/mol. The molecular formula is C31H23BrN4O3S2. The Hall–Kier alpha value is -3.99. The lowest BCUT2D eigenvalue weighted by atomic mass is 10.0. The first kappa shape index (κ1) is 27.2. The number of nitrogens with one attached hydrogen (secondary N) is 1. The van der Waals surface area contributed by atoms with E-state index >= 15 is 0 Å². The Labute approximate surface area is 254 Å². The largest absolute Gasteiger partial charge is 0.459 e. The predicted octanol–water partition coefficient (Wildman–Crippen LogP) is 8.65. The summed E-state index contributed by atoms with van der Waals surface area (Å²) in [6, 6.07) is 30.2. The Morgan fingerprint density at radius 1 is 1.00 bits per heavy atom. The van der Waals surface area contributed by atoms with Crippen molar-refractivity contribution in [3.05, 3.63) is 135 Å². The molecule has 0 saturated carbocycles. The van der Waals surface area contributed by atoms with E-state index in [0.717, 1.165) is 48.3 Å². The number of nitrogens with zero attached hydrogens (tertiary/aromatic N) is 3. The molecule has 1 aliphatic rings. The number of furan rings is 1. The third-order valence-electron chi connectivity index (χ3n) is 6.80. The van der Waals surface area contributed by atoms with Crippen LogP contribution in [-0.4, -0.2) is 15.0 Å². The van der Waals surface area contributed by atoms with Gasteiger partial charge in [-0.25, -0.2) is 0 Å². The molecule has 1 fully saturated rings. The second-order valence-electron chi connectivity index (χ2n) is 9.53. The summed E-state index contributed by atoms with van der Waals surface area (Å²) < 4.78 is 7.47. The molecule has 0 bridgehead atoms. The molecule has 5 aromatic rings. The molecule has 10 heteroatoms. The molecule has 0 unspecified atom stereocenters. The molecule has 3 heterocycles. The normalized spacial score (nSPS) is 16.5. The van der Waals surface area contributed by atoms with Gasteiger partial charge in [0, 0.05) is 43.8 Å². The number of nitro benzene ring substituents is 1. The second kappa shape index (κ2) is 11.5. The van der Waals surface area contributed by atoms with Crippen LogP contribution in [0.1, 0.15) is 29.1 Å². The molecule has 0 spiro atoms. The zero-order valence-corrected chi connectivity index (χ0v) is 24.9. The van der Waals surface area contributed by atoms with Gasteiger partial charge in [-0.2, -0.15) is 0 Å². The smallest absolute Gasteiger partial charge is 0.269 e.